The lowest BCUT2D eigenvalue weighted by Gasteiger charge is -2.00. The number of hydrogen-bond donors (Lipinski definition) is 2. The number of aliphatic hydroxyl groups is 1. The molecule has 0 aliphatic rings. The van der Waals surface area contributed by atoms with Crippen LogP contribution >= 0.6 is 23.1 Å². The normalized spacial score (nSPS) is 9.53. The molecule has 0 aromatic carbocycles. The fraction of sp³-hybridized carbons (Fsp3) is 0.417. The van der Waals surface area contributed by atoms with Crippen LogP contribution in [-0.4, -0.2) is 36.2 Å². The van der Waals surface area contributed by atoms with E-state index in [-0.39, 0.29) is 12.5 Å². The molecule has 1 heterocycles. The average molecular weight is 269 g/mol. The van der Waals surface area contributed by atoms with E-state index >= 15 is 0 Å². The molecule has 17 heavy (non-hydrogen) atoms. The molecule has 1 aromatic heterocycles. The molecule has 2 N–H and O–H groups in total. The number of carbonyl (C=O) groups is 1. The van der Waals surface area contributed by atoms with Crippen molar-refractivity contribution >= 4 is 29.0 Å². The molecular weight excluding hydrogens is 254 g/mol. The molecule has 1 aromatic rings. The van der Waals surface area contributed by atoms with Gasteiger partial charge in [-0.05, 0) is 18.4 Å². The molecule has 5 heteroatoms. The summed E-state index contributed by atoms with van der Waals surface area (Å²) in [5.41, 5.74) is 0. The van der Waals surface area contributed by atoms with E-state index in [2.05, 4.69) is 17.2 Å². The van der Waals surface area contributed by atoms with Crippen LogP contribution in [0.1, 0.15) is 21.0 Å². The van der Waals surface area contributed by atoms with E-state index in [1.165, 1.54) is 11.3 Å². The summed E-state index contributed by atoms with van der Waals surface area (Å²) in [7, 11) is 0. The van der Waals surface area contributed by atoms with Crippen molar-refractivity contribution in [1.82, 2.24) is 5.32 Å². The second kappa shape index (κ2) is 8.18. The Morgan fingerprint density at radius 1 is 1.59 bits per heavy atom. The Labute approximate surface area is 110 Å². The van der Waals surface area contributed by atoms with Crippen LogP contribution in [-0.2, 0) is 0 Å². The zero-order chi connectivity index (χ0) is 12.5. The maximum atomic E-state index is 11.7. The summed E-state index contributed by atoms with van der Waals surface area (Å²) in [6.07, 6.45) is 2.47. The maximum Gasteiger partial charge on any atom is 0.261 e. The summed E-state index contributed by atoms with van der Waals surface area (Å²) in [6, 6.07) is 3.61. The molecule has 0 fully saturated rings. The van der Waals surface area contributed by atoms with Crippen molar-refractivity contribution in [3.8, 4) is 11.8 Å². The number of nitrogens with one attached hydrogen (secondary N) is 1. The quantitative estimate of drug-likeness (QED) is 0.630. The van der Waals surface area contributed by atoms with Gasteiger partial charge < -0.3 is 10.4 Å². The molecule has 0 aliphatic carbocycles. The Hall–Kier alpha value is -0.960. The van der Waals surface area contributed by atoms with Gasteiger partial charge in [0.25, 0.3) is 5.91 Å². The summed E-state index contributed by atoms with van der Waals surface area (Å²) in [4.78, 5) is 13.2. The highest BCUT2D eigenvalue weighted by atomic mass is 32.2. The lowest BCUT2D eigenvalue weighted by Crippen LogP contribution is -2.24. The van der Waals surface area contributed by atoms with Crippen LogP contribution in [0.25, 0.3) is 0 Å². The van der Waals surface area contributed by atoms with E-state index in [0.29, 0.717) is 17.8 Å². The molecule has 0 saturated heterocycles. The number of amides is 1. The van der Waals surface area contributed by atoms with Crippen LogP contribution in [0.2, 0.25) is 0 Å². The van der Waals surface area contributed by atoms with Crippen molar-refractivity contribution in [2.75, 3.05) is 25.2 Å². The molecule has 0 bridgehead atoms. The van der Waals surface area contributed by atoms with Crippen LogP contribution in [0.3, 0.4) is 0 Å². The minimum absolute atomic E-state index is 0.0424. The molecule has 0 radical (unpaired) electrons. The molecule has 0 unspecified atom stereocenters. The first-order valence-corrected chi connectivity index (χ1v) is 7.45. The van der Waals surface area contributed by atoms with E-state index in [0.717, 1.165) is 10.6 Å². The largest absolute Gasteiger partial charge is 0.395 e. The van der Waals surface area contributed by atoms with E-state index in [1.807, 2.05) is 12.3 Å². The van der Waals surface area contributed by atoms with Gasteiger partial charge in [0.15, 0.2) is 0 Å². The molecule has 0 atom stereocenters. The molecule has 0 aliphatic heterocycles. The Kier molecular flexibility index (Phi) is 6.78. The van der Waals surface area contributed by atoms with Crippen LogP contribution < -0.4 is 5.32 Å². The van der Waals surface area contributed by atoms with E-state index in [4.69, 9.17) is 5.11 Å². The van der Waals surface area contributed by atoms with Gasteiger partial charge in [-0.3, -0.25) is 4.79 Å². The van der Waals surface area contributed by atoms with Gasteiger partial charge in [-0.1, -0.05) is 11.8 Å². The first kappa shape index (κ1) is 14.1. The minimum Gasteiger partial charge on any atom is -0.395 e. The topological polar surface area (TPSA) is 49.3 Å². The molecule has 0 saturated carbocycles. The van der Waals surface area contributed by atoms with E-state index in [1.54, 1.807) is 17.8 Å². The summed E-state index contributed by atoms with van der Waals surface area (Å²) in [5, 5.41) is 11.4. The third-order valence-corrected chi connectivity index (χ3v) is 3.48. The lowest BCUT2D eigenvalue weighted by atomic mass is 10.4. The Bertz CT molecular complexity index is 418. The third kappa shape index (κ3) is 5.26. The number of hydrogen-bond acceptors (Lipinski definition) is 4. The smallest absolute Gasteiger partial charge is 0.261 e. The van der Waals surface area contributed by atoms with Crippen LogP contribution in [0, 0.1) is 11.8 Å². The number of thioether (sulfide) groups is 1. The highest BCUT2D eigenvalue weighted by Gasteiger charge is 2.07. The monoisotopic (exact) mass is 269 g/mol. The molecular formula is C12H15NO2S2. The average Bonchev–Trinajstić information content (AvgIpc) is 2.78. The Morgan fingerprint density at radius 3 is 3.12 bits per heavy atom. The van der Waals surface area contributed by atoms with Crippen molar-refractivity contribution in [3.05, 3.63) is 21.9 Å². The van der Waals surface area contributed by atoms with Gasteiger partial charge in [0.2, 0.25) is 0 Å². The third-order valence-electron chi connectivity index (χ3n) is 1.87. The number of thiophene rings is 1. The predicted molar refractivity (Wildman–Crippen MR) is 73.6 cm³/mol. The summed E-state index contributed by atoms with van der Waals surface area (Å²) in [6.45, 7) is 0.754. The van der Waals surface area contributed by atoms with Crippen molar-refractivity contribution in [2.24, 2.45) is 0 Å². The van der Waals surface area contributed by atoms with Crippen molar-refractivity contribution in [3.63, 3.8) is 0 Å². The van der Waals surface area contributed by atoms with Gasteiger partial charge in [-0.15, -0.1) is 11.3 Å². The molecule has 0 spiro atoms. The Balaban J connectivity index is 2.50. The van der Waals surface area contributed by atoms with Crippen molar-refractivity contribution < 1.29 is 9.90 Å². The second-order valence-electron chi connectivity index (χ2n) is 3.19. The SMILES string of the molecule is CSCCNC(=O)c1ccc(C#CCCO)s1. The zero-order valence-electron chi connectivity index (χ0n) is 9.66. The summed E-state index contributed by atoms with van der Waals surface area (Å²) in [5.74, 6) is 6.62. The van der Waals surface area contributed by atoms with Gasteiger partial charge in [0.1, 0.15) is 0 Å². The summed E-state index contributed by atoms with van der Waals surface area (Å²) >= 11 is 3.08. The summed E-state index contributed by atoms with van der Waals surface area (Å²) < 4.78 is 0. The van der Waals surface area contributed by atoms with Gasteiger partial charge in [-0.2, -0.15) is 11.8 Å². The molecule has 1 rings (SSSR count). The minimum atomic E-state index is -0.0424. The standard InChI is InChI=1S/C12H15NO2S2/c1-16-9-7-13-12(15)11-6-5-10(17-11)4-2-3-8-14/h5-6,14H,3,7-9H2,1H3,(H,13,15). The molecule has 92 valence electrons. The van der Waals surface area contributed by atoms with Gasteiger partial charge in [0.05, 0.1) is 16.4 Å². The first-order valence-electron chi connectivity index (χ1n) is 5.24. The Morgan fingerprint density at radius 2 is 2.41 bits per heavy atom. The fourth-order valence-corrected chi connectivity index (χ4v) is 2.19. The molecule has 1 amide bonds. The van der Waals surface area contributed by atoms with Crippen molar-refractivity contribution in [1.29, 1.82) is 0 Å². The first-order chi connectivity index (χ1) is 8.27. The van der Waals surface area contributed by atoms with E-state index < -0.39 is 0 Å². The van der Waals surface area contributed by atoms with Crippen LogP contribution in [0.5, 0.6) is 0 Å². The van der Waals surface area contributed by atoms with Crippen LogP contribution in [0.4, 0.5) is 0 Å². The molecule has 3 nitrogen and oxygen atoms in total. The van der Waals surface area contributed by atoms with Crippen LogP contribution in [0.15, 0.2) is 12.1 Å². The second-order valence-corrected chi connectivity index (χ2v) is 5.26. The van der Waals surface area contributed by atoms with Gasteiger partial charge in [-0.25, -0.2) is 0 Å². The highest BCUT2D eigenvalue weighted by Crippen LogP contribution is 2.15. The van der Waals surface area contributed by atoms with Gasteiger partial charge in [0, 0.05) is 18.7 Å². The number of carbonyl (C=O) groups excluding carboxylic acids is 1. The maximum absolute atomic E-state index is 11.7. The highest BCUT2D eigenvalue weighted by molar-refractivity contribution is 7.98. The fourth-order valence-electron chi connectivity index (χ4n) is 1.09. The van der Waals surface area contributed by atoms with Crippen molar-refractivity contribution in [2.45, 2.75) is 6.42 Å². The number of aliphatic hydroxyl groups excluding tert-OH is 1. The zero-order valence-corrected chi connectivity index (χ0v) is 11.3. The lowest BCUT2D eigenvalue weighted by molar-refractivity contribution is 0.0960. The van der Waals surface area contributed by atoms with E-state index in [9.17, 15) is 4.79 Å². The van der Waals surface area contributed by atoms with Gasteiger partial charge >= 0.3 is 0 Å². The number of rotatable bonds is 5. The predicted octanol–water partition coefficient (Wildman–Crippen LogP) is 1.57.